The molecule has 0 saturated heterocycles. The van der Waals surface area contributed by atoms with E-state index in [4.69, 9.17) is 5.11 Å². The van der Waals surface area contributed by atoms with E-state index in [1.54, 1.807) is 0 Å². The summed E-state index contributed by atoms with van der Waals surface area (Å²) < 4.78 is 30.3. The van der Waals surface area contributed by atoms with Crippen LogP contribution < -0.4 is 4.72 Å². The van der Waals surface area contributed by atoms with Crippen molar-refractivity contribution < 1.29 is 27.9 Å². The number of ether oxygens (including phenoxy) is 1. The molecule has 110 valence electrons. The lowest BCUT2D eigenvalue weighted by Gasteiger charge is -2.27. The predicted octanol–water partition coefficient (Wildman–Crippen LogP) is 0.112. The second kappa shape index (κ2) is 6.85. The molecule has 0 heterocycles. The van der Waals surface area contributed by atoms with Gasteiger partial charge in [-0.05, 0) is 19.3 Å². The van der Waals surface area contributed by atoms with E-state index in [-0.39, 0.29) is 18.2 Å². The smallest absolute Gasteiger partial charge is 0.306 e. The number of hydrogen-bond donors (Lipinski definition) is 2. The quantitative estimate of drug-likeness (QED) is 0.673. The number of carboxylic acids is 1. The number of carboxylic acid groups (broad SMARTS) is 1. The molecule has 0 aromatic rings. The zero-order chi connectivity index (χ0) is 14.5. The molecule has 1 aliphatic carbocycles. The van der Waals surface area contributed by atoms with Gasteiger partial charge < -0.3 is 9.84 Å². The maximum Gasteiger partial charge on any atom is 0.306 e. The van der Waals surface area contributed by atoms with E-state index in [1.165, 1.54) is 7.11 Å². The lowest BCUT2D eigenvalue weighted by molar-refractivity contribution is -0.143. The van der Waals surface area contributed by atoms with Gasteiger partial charge in [0.15, 0.2) is 0 Å². The van der Waals surface area contributed by atoms with Gasteiger partial charge in [0.25, 0.3) is 0 Å². The van der Waals surface area contributed by atoms with Crippen LogP contribution in [0.15, 0.2) is 0 Å². The summed E-state index contributed by atoms with van der Waals surface area (Å²) >= 11 is 0. The summed E-state index contributed by atoms with van der Waals surface area (Å²) in [6.45, 7) is 0. The first-order valence-electron chi connectivity index (χ1n) is 6.13. The molecule has 0 aromatic carbocycles. The molecule has 7 nitrogen and oxygen atoms in total. The Morgan fingerprint density at radius 2 is 2.05 bits per heavy atom. The van der Waals surface area contributed by atoms with Gasteiger partial charge >= 0.3 is 11.9 Å². The number of aliphatic carboxylic acids is 1. The van der Waals surface area contributed by atoms with Gasteiger partial charge in [0.05, 0.1) is 25.2 Å². The van der Waals surface area contributed by atoms with E-state index >= 15 is 0 Å². The summed E-state index contributed by atoms with van der Waals surface area (Å²) in [6.07, 6.45) is 1.98. The van der Waals surface area contributed by atoms with Crippen LogP contribution >= 0.6 is 0 Å². The number of nitrogens with one attached hydrogen (secondary N) is 1. The third kappa shape index (κ3) is 5.56. The number of methoxy groups -OCH3 is 1. The average Bonchev–Trinajstić information content (AvgIpc) is 2.35. The van der Waals surface area contributed by atoms with Gasteiger partial charge in [-0.1, -0.05) is 6.42 Å². The van der Waals surface area contributed by atoms with Crippen molar-refractivity contribution in [3.05, 3.63) is 0 Å². The van der Waals surface area contributed by atoms with Gasteiger partial charge in [-0.25, -0.2) is 13.1 Å². The molecule has 2 unspecified atom stereocenters. The van der Waals surface area contributed by atoms with Crippen molar-refractivity contribution in [2.24, 2.45) is 5.92 Å². The molecule has 1 saturated carbocycles. The molecular weight excluding hydrogens is 274 g/mol. The molecule has 8 heteroatoms. The zero-order valence-corrected chi connectivity index (χ0v) is 11.6. The van der Waals surface area contributed by atoms with E-state index in [1.807, 2.05) is 0 Å². The third-order valence-electron chi connectivity index (χ3n) is 3.17. The van der Waals surface area contributed by atoms with E-state index in [0.29, 0.717) is 25.7 Å². The molecule has 2 atom stereocenters. The first kappa shape index (κ1) is 15.9. The van der Waals surface area contributed by atoms with Crippen LogP contribution in [0.2, 0.25) is 0 Å². The second-order valence-electron chi connectivity index (χ2n) is 4.66. The van der Waals surface area contributed by atoms with E-state index < -0.39 is 27.9 Å². The van der Waals surface area contributed by atoms with Crippen molar-refractivity contribution in [3.63, 3.8) is 0 Å². The highest BCUT2D eigenvalue weighted by molar-refractivity contribution is 7.89. The second-order valence-corrected chi connectivity index (χ2v) is 6.53. The molecule has 0 bridgehead atoms. The maximum atomic E-state index is 11.7. The Morgan fingerprint density at radius 1 is 1.37 bits per heavy atom. The Bertz CT molecular complexity index is 432. The number of esters is 1. The van der Waals surface area contributed by atoms with Gasteiger partial charge in [0, 0.05) is 6.04 Å². The highest BCUT2D eigenvalue weighted by Crippen LogP contribution is 2.24. The third-order valence-corrected chi connectivity index (χ3v) is 4.61. The van der Waals surface area contributed by atoms with Gasteiger partial charge in [-0.3, -0.25) is 9.59 Å². The molecule has 1 aliphatic rings. The Balaban J connectivity index is 2.48. The van der Waals surface area contributed by atoms with Crippen molar-refractivity contribution in [2.45, 2.75) is 38.1 Å². The lowest BCUT2D eigenvalue weighted by Crippen LogP contribution is -2.41. The lowest BCUT2D eigenvalue weighted by atomic mass is 9.86. The molecule has 0 aliphatic heterocycles. The largest absolute Gasteiger partial charge is 0.481 e. The van der Waals surface area contributed by atoms with Crippen LogP contribution in [-0.2, 0) is 24.3 Å². The van der Waals surface area contributed by atoms with Gasteiger partial charge in [-0.2, -0.15) is 0 Å². The van der Waals surface area contributed by atoms with Crippen molar-refractivity contribution in [1.82, 2.24) is 4.72 Å². The maximum absolute atomic E-state index is 11.7. The van der Waals surface area contributed by atoms with Crippen molar-refractivity contribution in [3.8, 4) is 0 Å². The highest BCUT2D eigenvalue weighted by atomic mass is 32.2. The number of carbonyl (C=O) groups excluding carboxylic acids is 1. The van der Waals surface area contributed by atoms with Crippen molar-refractivity contribution in [1.29, 1.82) is 0 Å². The summed E-state index contributed by atoms with van der Waals surface area (Å²) in [6, 6.07) is -0.363. The SMILES string of the molecule is COC(=O)CCS(=O)(=O)NC1CCCC(C(=O)O)C1. The Kier molecular flexibility index (Phi) is 5.74. The van der Waals surface area contributed by atoms with E-state index in [2.05, 4.69) is 9.46 Å². The fraction of sp³-hybridized carbons (Fsp3) is 0.818. The fourth-order valence-corrected chi connectivity index (χ4v) is 3.43. The molecule has 1 rings (SSSR count). The minimum atomic E-state index is -3.58. The van der Waals surface area contributed by atoms with Crippen LogP contribution in [0.1, 0.15) is 32.1 Å². The van der Waals surface area contributed by atoms with Crippen LogP contribution in [0.4, 0.5) is 0 Å². The normalized spacial score (nSPS) is 23.8. The Morgan fingerprint density at radius 3 is 2.63 bits per heavy atom. The van der Waals surface area contributed by atoms with Gasteiger partial charge in [-0.15, -0.1) is 0 Å². The summed E-state index contributed by atoms with van der Waals surface area (Å²) in [5, 5.41) is 8.92. The standard InChI is InChI=1S/C11H19NO6S/c1-18-10(13)5-6-19(16,17)12-9-4-2-3-8(7-9)11(14)15/h8-9,12H,2-7H2,1H3,(H,14,15). The predicted molar refractivity (Wildman–Crippen MR) is 66.9 cm³/mol. The number of hydrogen-bond acceptors (Lipinski definition) is 5. The summed E-state index contributed by atoms with van der Waals surface area (Å²) in [4.78, 5) is 21.8. The number of sulfonamides is 1. The highest BCUT2D eigenvalue weighted by Gasteiger charge is 2.29. The van der Waals surface area contributed by atoms with Crippen LogP contribution in [-0.4, -0.2) is 44.4 Å². The van der Waals surface area contributed by atoms with E-state index in [9.17, 15) is 18.0 Å². The summed E-state index contributed by atoms with van der Waals surface area (Å²) in [5.41, 5.74) is 0. The van der Waals surface area contributed by atoms with Gasteiger partial charge in [0.2, 0.25) is 10.0 Å². The number of carbonyl (C=O) groups is 2. The van der Waals surface area contributed by atoms with Crippen LogP contribution in [0.3, 0.4) is 0 Å². The van der Waals surface area contributed by atoms with Crippen molar-refractivity contribution in [2.75, 3.05) is 12.9 Å². The fourth-order valence-electron chi connectivity index (χ4n) is 2.15. The number of rotatable bonds is 6. The molecule has 0 aromatic heterocycles. The Hall–Kier alpha value is -1.15. The first-order valence-corrected chi connectivity index (χ1v) is 7.79. The average molecular weight is 293 g/mol. The van der Waals surface area contributed by atoms with Crippen LogP contribution in [0.25, 0.3) is 0 Å². The molecule has 2 N–H and O–H groups in total. The molecule has 19 heavy (non-hydrogen) atoms. The Labute approximate surface area is 112 Å². The van der Waals surface area contributed by atoms with E-state index in [0.717, 1.165) is 0 Å². The molecule has 0 radical (unpaired) electrons. The monoisotopic (exact) mass is 293 g/mol. The molecule has 0 spiro atoms. The molecular formula is C11H19NO6S. The van der Waals surface area contributed by atoms with Crippen LogP contribution in [0, 0.1) is 5.92 Å². The van der Waals surface area contributed by atoms with Crippen LogP contribution in [0.5, 0.6) is 0 Å². The minimum absolute atomic E-state index is 0.207. The van der Waals surface area contributed by atoms with Gasteiger partial charge in [0.1, 0.15) is 0 Å². The summed E-state index contributed by atoms with van der Waals surface area (Å²) in [7, 11) is -2.38. The first-order chi connectivity index (χ1) is 8.84. The topological polar surface area (TPSA) is 110 Å². The zero-order valence-electron chi connectivity index (χ0n) is 10.8. The minimum Gasteiger partial charge on any atom is -0.481 e. The summed E-state index contributed by atoms with van der Waals surface area (Å²) in [5.74, 6) is -2.31. The van der Waals surface area contributed by atoms with Crippen molar-refractivity contribution >= 4 is 22.0 Å². The molecule has 0 amide bonds. The molecule has 1 fully saturated rings.